The van der Waals surface area contributed by atoms with Gasteiger partial charge in [-0.3, -0.25) is 4.79 Å². The van der Waals surface area contributed by atoms with Crippen molar-refractivity contribution in [1.29, 1.82) is 0 Å². The highest BCUT2D eigenvalue weighted by Gasteiger charge is 2.24. The van der Waals surface area contributed by atoms with E-state index in [0.29, 0.717) is 24.1 Å². The molecule has 2 aromatic carbocycles. The van der Waals surface area contributed by atoms with Crippen molar-refractivity contribution in [2.75, 3.05) is 0 Å². The Bertz CT molecular complexity index is 1300. The molecule has 0 radical (unpaired) electrons. The Kier molecular flexibility index (Phi) is 4.98. The largest absolute Gasteiger partial charge is 0.481 e. The quantitative estimate of drug-likeness (QED) is 0.216. The number of fused-ring (bicyclic) bond motifs is 4. The number of furan rings is 1. The highest BCUT2D eigenvalue weighted by molar-refractivity contribution is 6.04. The SMILES string of the molecule is O=C(O)[C@H](CCc1c[nH]c2ccccc12)CC(=NO)c1ccc2c3c(oc2c1)CCC3. The Balaban J connectivity index is 1.35. The molecular formula is C25H24N2O4. The normalized spacial score (nSPS) is 14.9. The molecule has 31 heavy (non-hydrogen) atoms. The van der Waals surface area contributed by atoms with Gasteiger partial charge >= 0.3 is 5.97 Å². The van der Waals surface area contributed by atoms with Crippen molar-refractivity contribution in [1.82, 2.24) is 4.98 Å². The van der Waals surface area contributed by atoms with Crippen LogP contribution in [0.4, 0.5) is 0 Å². The van der Waals surface area contributed by atoms with E-state index in [1.807, 2.05) is 48.7 Å². The minimum Gasteiger partial charge on any atom is -0.481 e. The van der Waals surface area contributed by atoms with E-state index in [0.717, 1.165) is 52.5 Å². The van der Waals surface area contributed by atoms with Crippen molar-refractivity contribution in [3.8, 4) is 0 Å². The van der Waals surface area contributed by atoms with Crippen molar-refractivity contribution in [2.24, 2.45) is 11.1 Å². The Hall–Kier alpha value is -3.54. The second-order valence-electron chi connectivity index (χ2n) is 8.25. The summed E-state index contributed by atoms with van der Waals surface area (Å²) in [7, 11) is 0. The van der Waals surface area contributed by atoms with E-state index >= 15 is 0 Å². The van der Waals surface area contributed by atoms with Gasteiger partial charge in [0.2, 0.25) is 0 Å². The number of carbonyl (C=O) groups is 1. The van der Waals surface area contributed by atoms with E-state index in [4.69, 9.17) is 4.42 Å². The monoisotopic (exact) mass is 416 g/mol. The van der Waals surface area contributed by atoms with Crippen LogP contribution in [0.5, 0.6) is 0 Å². The minimum atomic E-state index is -0.890. The van der Waals surface area contributed by atoms with E-state index in [1.165, 1.54) is 5.56 Å². The molecule has 0 bridgehead atoms. The lowest BCUT2D eigenvalue weighted by molar-refractivity contribution is -0.141. The van der Waals surface area contributed by atoms with E-state index in [9.17, 15) is 15.1 Å². The third kappa shape index (κ3) is 3.58. The fraction of sp³-hybridized carbons (Fsp3) is 0.280. The number of carboxylic acids is 1. The average molecular weight is 416 g/mol. The molecule has 0 amide bonds. The number of hydrogen-bond acceptors (Lipinski definition) is 4. The first kappa shape index (κ1) is 19.4. The topological polar surface area (TPSA) is 98.8 Å². The summed E-state index contributed by atoms with van der Waals surface area (Å²) in [5.74, 6) is -0.507. The van der Waals surface area contributed by atoms with Crippen LogP contribution >= 0.6 is 0 Å². The molecule has 158 valence electrons. The maximum Gasteiger partial charge on any atom is 0.306 e. The Morgan fingerprint density at radius 2 is 2.03 bits per heavy atom. The fourth-order valence-corrected chi connectivity index (χ4v) is 4.71. The first-order valence-electron chi connectivity index (χ1n) is 10.7. The van der Waals surface area contributed by atoms with Crippen molar-refractivity contribution in [3.05, 3.63) is 71.1 Å². The summed E-state index contributed by atoms with van der Waals surface area (Å²) in [5.41, 5.74) is 5.24. The van der Waals surface area contributed by atoms with Gasteiger partial charge in [0.15, 0.2) is 0 Å². The zero-order valence-corrected chi connectivity index (χ0v) is 17.1. The van der Waals surface area contributed by atoms with Crippen LogP contribution in [0.1, 0.15) is 41.7 Å². The van der Waals surface area contributed by atoms with Crippen molar-refractivity contribution < 1.29 is 19.5 Å². The molecule has 1 aliphatic rings. The van der Waals surface area contributed by atoms with Crippen LogP contribution < -0.4 is 0 Å². The van der Waals surface area contributed by atoms with Crippen LogP contribution in [0.15, 0.2) is 58.2 Å². The van der Waals surface area contributed by atoms with E-state index in [-0.39, 0.29) is 6.42 Å². The minimum absolute atomic E-state index is 0.153. The molecule has 0 saturated heterocycles. The highest BCUT2D eigenvalue weighted by atomic mass is 16.4. The lowest BCUT2D eigenvalue weighted by Gasteiger charge is -2.13. The predicted octanol–water partition coefficient (Wildman–Crippen LogP) is 5.30. The second kappa shape index (κ2) is 7.95. The van der Waals surface area contributed by atoms with Crippen molar-refractivity contribution >= 4 is 33.6 Å². The van der Waals surface area contributed by atoms with Gasteiger partial charge in [-0.2, -0.15) is 0 Å². The van der Waals surface area contributed by atoms with Gasteiger partial charge in [-0.15, -0.1) is 0 Å². The Morgan fingerprint density at radius 1 is 1.16 bits per heavy atom. The fourth-order valence-electron chi connectivity index (χ4n) is 4.71. The zero-order chi connectivity index (χ0) is 21.4. The Morgan fingerprint density at radius 3 is 2.87 bits per heavy atom. The zero-order valence-electron chi connectivity index (χ0n) is 17.1. The molecule has 2 aromatic heterocycles. The third-order valence-electron chi connectivity index (χ3n) is 6.39. The number of carboxylic acid groups (broad SMARTS) is 1. The molecule has 3 N–H and O–H groups in total. The number of nitrogens with one attached hydrogen (secondary N) is 1. The molecule has 4 aromatic rings. The van der Waals surface area contributed by atoms with Gasteiger partial charge < -0.3 is 19.7 Å². The summed E-state index contributed by atoms with van der Waals surface area (Å²) >= 11 is 0. The van der Waals surface area contributed by atoms with Crippen LogP contribution in [0.3, 0.4) is 0 Å². The predicted molar refractivity (Wildman–Crippen MR) is 119 cm³/mol. The number of aromatic nitrogens is 1. The first-order chi connectivity index (χ1) is 15.1. The van der Waals surface area contributed by atoms with Gasteiger partial charge in [-0.1, -0.05) is 35.5 Å². The number of H-pyrrole nitrogens is 1. The maximum atomic E-state index is 11.9. The standard InChI is InChI=1S/C25H24N2O4/c28-25(29)16(8-9-17-14-26-21-6-2-1-4-18(17)21)12-22(27-30)15-10-11-20-19-5-3-7-23(19)31-24(20)13-15/h1-2,4,6,10-11,13-14,16,26,30H,3,5,7-9,12H2,(H,28,29)/t16-/m1/s1. The summed E-state index contributed by atoms with van der Waals surface area (Å²) in [6.45, 7) is 0. The lowest BCUT2D eigenvalue weighted by Crippen LogP contribution is -2.19. The summed E-state index contributed by atoms with van der Waals surface area (Å²) in [4.78, 5) is 15.2. The molecular weight excluding hydrogens is 392 g/mol. The number of aromatic amines is 1. The number of nitrogens with zero attached hydrogens (tertiary/aromatic N) is 1. The van der Waals surface area contributed by atoms with E-state index < -0.39 is 11.9 Å². The van der Waals surface area contributed by atoms with Gasteiger partial charge in [0, 0.05) is 46.5 Å². The summed E-state index contributed by atoms with van der Waals surface area (Å²) in [6.07, 6.45) is 6.27. The van der Waals surface area contributed by atoms with E-state index in [1.54, 1.807) is 0 Å². The molecule has 1 aliphatic carbocycles. The van der Waals surface area contributed by atoms with Crippen LogP contribution in [0, 0.1) is 5.92 Å². The maximum absolute atomic E-state index is 11.9. The molecule has 0 aliphatic heterocycles. The van der Waals surface area contributed by atoms with Crippen LogP contribution in [0.2, 0.25) is 0 Å². The molecule has 0 unspecified atom stereocenters. The molecule has 0 saturated carbocycles. The van der Waals surface area contributed by atoms with Crippen molar-refractivity contribution in [2.45, 2.75) is 38.5 Å². The number of hydrogen-bond donors (Lipinski definition) is 3. The molecule has 6 heteroatoms. The number of aliphatic carboxylic acids is 1. The Labute approximate surface area is 179 Å². The van der Waals surface area contributed by atoms with Crippen molar-refractivity contribution in [3.63, 3.8) is 0 Å². The number of oxime groups is 1. The molecule has 0 fully saturated rings. The average Bonchev–Trinajstić information content (AvgIpc) is 3.48. The number of benzene rings is 2. The molecule has 0 spiro atoms. The highest BCUT2D eigenvalue weighted by Crippen LogP contribution is 2.33. The van der Waals surface area contributed by atoms with E-state index in [2.05, 4.69) is 10.1 Å². The summed E-state index contributed by atoms with van der Waals surface area (Å²) in [5, 5.41) is 25.1. The molecule has 6 nitrogen and oxygen atoms in total. The van der Waals surface area contributed by atoms with Crippen LogP contribution in [0.25, 0.3) is 21.9 Å². The molecule has 1 atom stereocenters. The van der Waals surface area contributed by atoms with Gasteiger partial charge in [0.1, 0.15) is 11.3 Å². The number of rotatable bonds is 7. The molecule has 2 heterocycles. The van der Waals surface area contributed by atoms with Crippen LogP contribution in [-0.2, 0) is 24.1 Å². The third-order valence-corrected chi connectivity index (χ3v) is 6.39. The number of para-hydroxylation sites is 1. The second-order valence-corrected chi connectivity index (χ2v) is 8.25. The van der Waals surface area contributed by atoms with Gasteiger partial charge in [-0.25, -0.2) is 0 Å². The smallest absolute Gasteiger partial charge is 0.306 e. The van der Waals surface area contributed by atoms with Crippen LogP contribution in [-0.4, -0.2) is 27.0 Å². The molecule has 5 rings (SSSR count). The summed E-state index contributed by atoms with van der Waals surface area (Å²) in [6, 6.07) is 13.7. The van der Waals surface area contributed by atoms with Gasteiger partial charge in [-0.05, 0) is 43.4 Å². The summed E-state index contributed by atoms with van der Waals surface area (Å²) < 4.78 is 5.98. The lowest BCUT2D eigenvalue weighted by atomic mass is 9.91. The first-order valence-corrected chi connectivity index (χ1v) is 10.7. The number of aryl methyl sites for hydroxylation is 3. The van der Waals surface area contributed by atoms with Gasteiger partial charge in [0.25, 0.3) is 0 Å². The van der Waals surface area contributed by atoms with Gasteiger partial charge in [0.05, 0.1) is 11.6 Å².